The van der Waals surface area contributed by atoms with E-state index in [1.54, 1.807) is 16.9 Å². The van der Waals surface area contributed by atoms with Crippen molar-refractivity contribution in [2.45, 2.75) is 50.7 Å². The molecule has 1 fully saturated rings. The molecule has 6 heteroatoms. The van der Waals surface area contributed by atoms with E-state index in [1.165, 1.54) is 49.5 Å². The SMILES string of the molecule is Cc1cnc(-c2[c-]nccc2)[c-]c1-c1cc2c(c[n+]1C)[Si]1(CCCC1)CCC2.[B].[Y]. The number of fused-ring (bicyclic) bond motifs is 2. The molecule has 3 nitrogen and oxygen atoms in total. The molecular formula is C24H26BN3SiY-. The van der Waals surface area contributed by atoms with E-state index >= 15 is 0 Å². The summed E-state index contributed by atoms with van der Waals surface area (Å²) >= 11 is 0. The molecule has 3 aromatic rings. The van der Waals surface area contributed by atoms with Crippen molar-refractivity contribution in [1.82, 2.24) is 9.97 Å². The largest absolute Gasteiger partial charge is 0.371 e. The summed E-state index contributed by atoms with van der Waals surface area (Å²) < 4.78 is 2.34. The average Bonchev–Trinajstić information content (AvgIpc) is 3.19. The Labute approximate surface area is 208 Å². The van der Waals surface area contributed by atoms with Crippen LogP contribution in [0.1, 0.15) is 30.4 Å². The van der Waals surface area contributed by atoms with Gasteiger partial charge in [0.2, 0.25) is 0 Å². The number of pyridine rings is 3. The molecule has 1 saturated heterocycles. The minimum atomic E-state index is -1.23. The molecule has 148 valence electrons. The smallest absolute Gasteiger partial charge is 0.159 e. The van der Waals surface area contributed by atoms with Gasteiger partial charge in [0.15, 0.2) is 6.20 Å². The zero-order chi connectivity index (χ0) is 19.1. The Morgan fingerprint density at radius 1 is 1.13 bits per heavy atom. The number of hydrogen-bond donors (Lipinski definition) is 0. The van der Waals surface area contributed by atoms with Crippen LogP contribution in [0.2, 0.25) is 18.1 Å². The number of hydrogen-bond acceptors (Lipinski definition) is 2. The summed E-state index contributed by atoms with van der Waals surface area (Å²) in [5, 5.41) is 1.75. The zero-order valence-corrected chi connectivity index (χ0v) is 21.7. The van der Waals surface area contributed by atoms with E-state index in [2.05, 4.69) is 53.0 Å². The molecule has 5 rings (SSSR count). The van der Waals surface area contributed by atoms with Crippen LogP contribution >= 0.6 is 0 Å². The van der Waals surface area contributed by atoms with Crippen LogP contribution < -0.4 is 9.75 Å². The monoisotopic (exact) mass is 484 g/mol. The van der Waals surface area contributed by atoms with E-state index in [4.69, 9.17) is 0 Å². The number of nitrogens with zero attached hydrogens (tertiary/aromatic N) is 3. The van der Waals surface area contributed by atoms with E-state index in [-0.39, 0.29) is 41.1 Å². The zero-order valence-electron chi connectivity index (χ0n) is 17.9. The average molecular weight is 484 g/mol. The summed E-state index contributed by atoms with van der Waals surface area (Å²) in [6.45, 7) is 2.13. The van der Waals surface area contributed by atoms with Crippen molar-refractivity contribution in [3.8, 4) is 22.5 Å². The Balaban J connectivity index is 0.00000128. The van der Waals surface area contributed by atoms with Crippen molar-refractivity contribution in [2.75, 3.05) is 0 Å². The van der Waals surface area contributed by atoms with Gasteiger partial charge in [0.1, 0.15) is 12.7 Å². The fraction of sp³-hybridized carbons (Fsp3) is 0.375. The molecule has 1 spiro atoms. The van der Waals surface area contributed by atoms with E-state index in [1.807, 2.05) is 18.3 Å². The van der Waals surface area contributed by atoms with Crippen LogP contribution in [0.3, 0.4) is 0 Å². The number of aryl methyl sites for hydroxylation is 3. The van der Waals surface area contributed by atoms with E-state index in [0.717, 1.165) is 22.4 Å². The molecule has 0 bridgehead atoms. The van der Waals surface area contributed by atoms with Crippen LogP contribution in [0.5, 0.6) is 0 Å². The molecule has 0 N–H and O–H groups in total. The van der Waals surface area contributed by atoms with Gasteiger partial charge in [0.25, 0.3) is 0 Å². The fourth-order valence-corrected chi connectivity index (χ4v) is 10.9. The van der Waals surface area contributed by atoms with Gasteiger partial charge < -0.3 is 9.97 Å². The third-order valence-electron chi connectivity index (χ3n) is 6.74. The maximum atomic E-state index is 4.58. The normalized spacial score (nSPS) is 16.5. The first-order chi connectivity index (χ1) is 13.7. The Morgan fingerprint density at radius 3 is 2.63 bits per heavy atom. The predicted octanol–water partition coefficient (Wildman–Crippen LogP) is 3.56. The molecule has 2 aliphatic rings. The van der Waals surface area contributed by atoms with Crippen LogP contribution in [0, 0.1) is 19.2 Å². The third kappa shape index (κ3) is 4.13. The van der Waals surface area contributed by atoms with E-state index in [0.29, 0.717) is 0 Å². The van der Waals surface area contributed by atoms with Crippen LogP contribution in [0.4, 0.5) is 0 Å². The predicted molar refractivity (Wildman–Crippen MR) is 120 cm³/mol. The minimum Gasteiger partial charge on any atom is -0.371 e. The van der Waals surface area contributed by atoms with E-state index in [9.17, 15) is 0 Å². The molecule has 30 heavy (non-hydrogen) atoms. The first-order valence-corrected chi connectivity index (χ1v) is 13.0. The fourth-order valence-electron chi connectivity index (χ4n) is 5.28. The molecule has 0 amide bonds. The summed E-state index contributed by atoms with van der Waals surface area (Å²) in [4.78, 5) is 8.70. The minimum absolute atomic E-state index is 0. The van der Waals surface area contributed by atoms with Gasteiger partial charge in [-0.25, -0.2) is 4.57 Å². The summed E-state index contributed by atoms with van der Waals surface area (Å²) in [6, 6.07) is 14.4. The molecule has 5 heterocycles. The quantitative estimate of drug-likeness (QED) is 0.317. The summed E-state index contributed by atoms with van der Waals surface area (Å²) in [7, 11) is 0.970. The van der Waals surface area contributed by atoms with Crippen molar-refractivity contribution in [1.29, 1.82) is 0 Å². The van der Waals surface area contributed by atoms with Gasteiger partial charge in [-0.3, -0.25) is 0 Å². The van der Waals surface area contributed by atoms with Gasteiger partial charge in [-0.2, -0.15) is 17.7 Å². The van der Waals surface area contributed by atoms with Gasteiger partial charge in [-0.1, -0.05) is 68.0 Å². The van der Waals surface area contributed by atoms with Gasteiger partial charge >= 0.3 is 0 Å². The molecule has 2 aliphatic heterocycles. The Bertz CT molecular complexity index is 1040. The van der Waals surface area contributed by atoms with Crippen molar-refractivity contribution in [2.24, 2.45) is 7.05 Å². The summed E-state index contributed by atoms with van der Waals surface area (Å²) in [6.07, 6.45) is 14.7. The van der Waals surface area contributed by atoms with Crippen molar-refractivity contribution < 1.29 is 37.3 Å². The number of aromatic nitrogens is 3. The van der Waals surface area contributed by atoms with Gasteiger partial charge in [0.05, 0.1) is 8.07 Å². The molecule has 3 aromatic heterocycles. The second-order valence-electron chi connectivity index (χ2n) is 8.50. The van der Waals surface area contributed by atoms with Crippen LogP contribution in [-0.2, 0) is 46.2 Å². The maximum absolute atomic E-state index is 4.58. The Morgan fingerprint density at radius 2 is 1.90 bits per heavy atom. The molecular weight excluding hydrogens is 458 g/mol. The molecule has 0 aromatic carbocycles. The van der Waals surface area contributed by atoms with Crippen molar-refractivity contribution in [3.05, 3.63) is 60.2 Å². The standard InChI is InChI=1S/C24H26N3Si.B.Y/c1-18-15-26-22(20-7-5-9-25-16-20)14-21(18)23-13-19-8-6-12-28(10-3-4-11-28)24(19)17-27(23)2;;/h5,7,9,13,15,17H,3-4,6,8,10-12H2,1-2H3;;/q-1;;. The molecule has 0 atom stereocenters. The van der Waals surface area contributed by atoms with Crippen LogP contribution in [-0.4, -0.2) is 26.5 Å². The van der Waals surface area contributed by atoms with Gasteiger partial charge in [-0.15, -0.1) is 11.6 Å². The number of rotatable bonds is 2. The maximum Gasteiger partial charge on any atom is 0.159 e. The first kappa shape index (κ1) is 23.5. The van der Waals surface area contributed by atoms with Gasteiger partial charge in [0, 0.05) is 46.3 Å². The summed E-state index contributed by atoms with van der Waals surface area (Å²) in [5.74, 6) is 0. The molecule has 0 aliphatic carbocycles. The second-order valence-corrected chi connectivity index (χ2v) is 13.1. The first-order valence-electron chi connectivity index (χ1n) is 10.4. The summed E-state index contributed by atoms with van der Waals surface area (Å²) in [5.41, 5.74) is 6.85. The Kier molecular flexibility index (Phi) is 7.47. The second kappa shape index (κ2) is 9.54. The van der Waals surface area contributed by atoms with Gasteiger partial charge in [-0.05, 0) is 24.2 Å². The molecule has 0 unspecified atom stereocenters. The Hall–Kier alpha value is -1.16. The third-order valence-corrected chi connectivity index (χ3v) is 12.3. The van der Waals surface area contributed by atoms with E-state index < -0.39 is 8.07 Å². The van der Waals surface area contributed by atoms with Crippen LogP contribution in [0.15, 0.2) is 36.8 Å². The molecule has 4 radical (unpaired) electrons. The topological polar surface area (TPSA) is 29.7 Å². The van der Waals surface area contributed by atoms with Crippen molar-refractivity contribution >= 4 is 21.7 Å². The van der Waals surface area contributed by atoms with Crippen LogP contribution in [0.25, 0.3) is 22.5 Å². The van der Waals surface area contributed by atoms with Crippen molar-refractivity contribution in [3.63, 3.8) is 0 Å². The molecule has 0 saturated carbocycles.